The highest BCUT2D eigenvalue weighted by molar-refractivity contribution is 8.00. The molecule has 0 spiro atoms. The Bertz CT molecular complexity index is 495. The van der Waals surface area contributed by atoms with Crippen LogP contribution in [0.2, 0.25) is 0 Å². The first-order valence-electron chi connectivity index (χ1n) is 5.93. The summed E-state index contributed by atoms with van der Waals surface area (Å²) in [5, 5.41) is 14.6. The van der Waals surface area contributed by atoms with Crippen molar-refractivity contribution in [3.05, 3.63) is 18.2 Å². The van der Waals surface area contributed by atoms with Crippen LogP contribution in [0.15, 0.2) is 23.1 Å². The van der Waals surface area contributed by atoms with Crippen LogP contribution in [0.4, 0.5) is 11.4 Å². The number of hydrogen-bond donors (Lipinski definition) is 2. The lowest BCUT2D eigenvalue weighted by molar-refractivity contribution is -0.115. The molecule has 94 valence electrons. The first-order chi connectivity index (χ1) is 8.70. The molecule has 1 amide bonds. The van der Waals surface area contributed by atoms with Crippen LogP contribution < -0.4 is 10.6 Å². The van der Waals surface area contributed by atoms with Gasteiger partial charge in [-0.25, -0.2) is 0 Å². The summed E-state index contributed by atoms with van der Waals surface area (Å²) in [4.78, 5) is 12.7. The van der Waals surface area contributed by atoms with E-state index in [4.69, 9.17) is 5.26 Å². The average Bonchev–Trinajstić information content (AvgIpc) is 2.36. The lowest BCUT2D eigenvalue weighted by Gasteiger charge is -2.22. The van der Waals surface area contributed by atoms with Gasteiger partial charge in [0.15, 0.2) is 0 Å². The van der Waals surface area contributed by atoms with Gasteiger partial charge < -0.3 is 10.6 Å². The molecule has 0 aromatic heterocycles. The average molecular weight is 261 g/mol. The Labute approximate surface area is 111 Å². The lowest BCUT2D eigenvalue weighted by Crippen LogP contribution is -2.26. The normalized spacial score (nSPS) is 17.6. The summed E-state index contributed by atoms with van der Waals surface area (Å²) in [5.74, 6) is 0.0501. The molecule has 1 heterocycles. The second-order valence-electron chi connectivity index (χ2n) is 4.15. The number of carbonyl (C=O) groups excluding carboxylic acids is 1. The molecule has 0 fully saturated rings. The van der Waals surface area contributed by atoms with Crippen LogP contribution in [-0.2, 0) is 4.79 Å². The van der Waals surface area contributed by atoms with Crippen LogP contribution in [0.5, 0.6) is 0 Å². The van der Waals surface area contributed by atoms with Gasteiger partial charge in [-0.15, -0.1) is 11.8 Å². The van der Waals surface area contributed by atoms with E-state index in [1.165, 1.54) is 0 Å². The molecule has 1 aromatic carbocycles. The standard InChI is InChI=1S/C13H15N3OS/c1-9-13(17)16-11-8-10(4-5-12(11)18-9)15-7-3-2-6-14/h4-5,8-9,15H,2-3,7H2,1H3,(H,16,17). The van der Waals surface area contributed by atoms with Crippen molar-refractivity contribution in [3.63, 3.8) is 0 Å². The van der Waals surface area contributed by atoms with Crippen molar-refractivity contribution in [1.82, 2.24) is 0 Å². The second kappa shape index (κ2) is 5.78. The molecule has 1 aliphatic rings. The molecule has 0 bridgehead atoms. The maximum Gasteiger partial charge on any atom is 0.237 e. The van der Waals surface area contributed by atoms with Crippen molar-refractivity contribution in [3.8, 4) is 6.07 Å². The van der Waals surface area contributed by atoms with E-state index in [9.17, 15) is 4.79 Å². The maximum absolute atomic E-state index is 11.6. The van der Waals surface area contributed by atoms with Gasteiger partial charge in [-0.3, -0.25) is 4.79 Å². The van der Waals surface area contributed by atoms with Gasteiger partial charge in [-0.05, 0) is 31.5 Å². The molecule has 1 atom stereocenters. The largest absolute Gasteiger partial charge is 0.385 e. The lowest BCUT2D eigenvalue weighted by atomic mass is 10.2. The van der Waals surface area contributed by atoms with Gasteiger partial charge in [-0.2, -0.15) is 5.26 Å². The summed E-state index contributed by atoms with van der Waals surface area (Å²) < 4.78 is 0. The minimum absolute atomic E-state index is 0.0352. The molecular formula is C13H15N3OS. The highest BCUT2D eigenvalue weighted by atomic mass is 32.2. The molecule has 2 rings (SSSR count). The van der Waals surface area contributed by atoms with Crippen LogP contribution in [0, 0.1) is 11.3 Å². The van der Waals surface area contributed by atoms with E-state index in [1.807, 2.05) is 25.1 Å². The molecule has 18 heavy (non-hydrogen) atoms. The highest BCUT2D eigenvalue weighted by Gasteiger charge is 2.22. The minimum Gasteiger partial charge on any atom is -0.385 e. The van der Waals surface area contributed by atoms with Gasteiger partial charge in [0.25, 0.3) is 0 Å². The number of fused-ring (bicyclic) bond motifs is 1. The third-order valence-corrected chi connectivity index (χ3v) is 3.88. The number of nitrogens with zero attached hydrogens (tertiary/aromatic N) is 1. The molecule has 0 radical (unpaired) electrons. The van der Waals surface area contributed by atoms with Gasteiger partial charge in [0.1, 0.15) is 0 Å². The van der Waals surface area contributed by atoms with Crippen molar-refractivity contribution >= 4 is 29.0 Å². The quantitative estimate of drug-likeness (QED) is 0.818. The van der Waals surface area contributed by atoms with Crippen LogP contribution >= 0.6 is 11.8 Å². The number of nitrogens with one attached hydrogen (secondary N) is 2. The summed E-state index contributed by atoms with van der Waals surface area (Å²) in [6.07, 6.45) is 1.38. The highest BCUT2D eigenvalue weighted by Crippen LogP contribution is 2.36. The Morgan fingerprint density at radius 1 is 1.56 bits per heavy atom. The second-order valence-corrected chi connectivity index (χ2v) is 5.53. The fraction of sp³-hybridized carbons (Fsp3) is 0.385. The summed E-state index contributed by atoms with van der Waals surface area (Å²) in [6.45, 7) is 2.67. The topological polar surface area (TPSA) is 64.9 Å². The van der Waals surface area contributed by atoms with Crippen LogP contribution in [-0.4, -0.2) is 17.7 Å². The predicted molar refractivity (Wildman–Crippen MR) is 73.7 cm³/mol. The molecule has 5 heteroatoms. The summed E-state index contributed by atoms with van der Waals surface area (Å²) in [5.41, 5.74) is 1.84. The zero-order valence-electron chi connectivity index (χ0n) is 10.2. The van der Waals surface area contributed by atoms with Crippen molar-refractivity contribution in [1.29, 1.82) is 5.26 Å². The van der Waals surface area contributed by atoms with E-state index >= 15 is 0 Å². The van der Waals surface area contributed by atoms with Crippen LogP contribution in [0.25, 0.3) is 0 Å². The van der Waals surface area contributed by atoms with Crippen molar-refractivity contribution < 1.29 is 4.79 Å². The first kappa shape index (κ1) is 12.8. The fourth-order valence-corrected chi connectivity index (χ4v) is 2.65. The van der Waals surface area contributed by atoms with E-state index in [1.54, 1.807) is 11.8 Å². The SMILES string of the molecule is CC1Sc2ccc(NCCCC#N)cc2NC1=O. The van der Waals surface area contributed by atoms with Crippen molar-refractivity contribution in [2.45, 2.75) is 29.9 Å². The zero-order chi connectivity index (χ0) is 13.0. The Hall–Kier alpha value is -1.67. The molecule has 0 saturated heterocycles. The monoisotopic (exact) mass is 261 g/mol. The summed E-state index contributed by atoms with van der Waals surface area (Å²) >= 11 is 1.58. The number of unbranched alkanes of at least 4 members (excludes halogenated alkanes) is 1. The Morgan fingerprint density at radius 2 is 2.39 bits per heavy atom. The molecule has 1 unspecified atom stereocenters. The van der Waals surface area contributed by atoms with E-state index in [0.717, 1.165) is 29.2 Å². The number of carbonyl (C=O) groups is 1. The zero-order valence-corrected chi connectivity index (χ0v) is 11.0. The third-order valence-electron chi connectivity index (χ3n) is 2.70. The van der Waals surface area contributed by atoms with E-state index in [-0.39, 0.29) is 11.2 Å². The van der Waals surface area contributed by atoms with Crippen LogP contribution in [0.3, 0.4) is 0 Å². The van der Waals surface area contributed by atoms with Gasteiger partial charge >= 0.3 is 0 Å². The first-order valence-corrected chi connectivity index (χ1v) is 6.81. The fourth-order valence-electron chi connectivity index (χ4n) is 1.72. The van der Waals surface area contributed by atoms with Crippen LogP contribution in [0.1, 0.15) is 19.8 Å². The van der Waals surface area contributed by atoms with E-state index in [0.29, 0.717) is 6.42 Å². The Kier molecular flexibility index (Phi) is 4.11. The number of rotatable bonds is 4. The van der Waals surface area contributed by atoms with E-state index < -0.39 is 0 Å². The van der Waals surface area contributed by atoms with Crippen molar-refractivity contribution in [2.75, 3.05) is 17.2 Å². The number of hydrogen-bond acceptors (Lipinski definition) is 4. The van der Waals surface area contributed by atoms with Gasteiger partial charge in [0, 0.05) is 23.5 Å². The summed E-state index contributed by atoms with van der Waals surface area (Å²) in [6, 6.07) is 8.08. The van der Waals surface area contributed by atoms with Crippen molar-refractivity contribution in [2.24, 2.45) is 0 Å². The third kappa shape index (κ3) is 2.96. The Balaban J connectivity index is 2.02. The molecular weight excluding hydrogens is 246 g/mol. The molecule has 4 nitrogen and oxygen atoms in total. The summed E-state index contributed by atoms with van der Waals surface area (Å²) in [7, 11) is 0. The maximum atomic E-state index is 11.6. The number of anilines is 2. The molecule has 1 aliphatic heterocycles. The molecule has 0 saturated carbocycles. The predicted octanol–water partition coefficient (Wildman–Crippen LogP) is 2.83. The van der Waals surface area contributed by atoms with Gasteiger partial charge in [0.2, 0.25) is 5.91 Å². The number of thioether (sulfide) groups is 1. The number of amides is 1. The molecule has 1 aromatic rings. The van der Waals surface area contributed by atoms with Gasteiger partial charge in [-0.1, -0.05) is 0 Å². The molecule has 2 N–H and O–H groups in total. The number of benzene rings is 1. The Morgan fingerprint density at radius 3 is 3.17 bits per heavy atom. The minimum atomic E-state index is -0.0352. The smallest absolute Gasteiger partial charge is 0.237 e. The molecule has 0 aliphatic carbocycles. The van der Waals surface area contributed by atoms with Gasteiger partial charge in [0.05, 0.1) is 17.0 Å². The van der Waals surface area contributed by atoms with E-state index in [2.05, 4.69) is 16.7 Å². The number of nitriles is 1.